The molecule has 1 aromatic carbocycles. The molecular weight excluding hydrogens is 293 g/mol. The second-order valence-electron chi connectivity index (χ2n) is 4.82. The standard InChI is InChI=1S/C15H18FNO3S/c16-12-3-1-2-4-13(12)21-10-7-14(18)17-8-9-20-15(19)11-5-6-11/h1-4,11H,5-10H2,(H,17,18). The lowest BCUT2D eigenvalue weighted by Crippen LogP contribution is -2.28. The summed E-state index contributed by atoms with van der Waals surface area (Å²) in [7, 11) is 0. The Morgan fingerprint density at radius 3 is 2.81 bits per heavy atom. The van der Waals surface area contributed by atoms with Crippen molar-refractivity contribution in [2.24, 2.45) is 5.92 Å². The van der Waals surface area contributed by atoms with E-state index in [9.17, 15) is 14.0 Å². The molecule has 1 aliphatic carbocycles. The fourth-order valence-electron chi connectivity index (χ4n) is 1.68. The summed E-state index contributed by atoms with van der Waals surface area (Å²) in [5.41, 5.74) is 0. The van der Waals surface area contributed by atoms with E-state index in [2.05, 4.69) is 5.32 Å². The molecule has 4 nitrogen and oxygen atoms in total. The van der Waals surface area contributed by atoms with E-state index in [0.717, 1.165) is 12.8 Å². The van der Waals surface area contributed by atoms with Crippen LogP contribution in [0.25, 0.3) is 0 Å². The molecule has 0 heterocycles. The van der Waals surface area contributed by atoms with Crippen molar-refractivity contribution in [3.8, 4) is 0 Å². The number of amides is 1. The number of hydrogen-bond acceptors (Lipinski definition) is 4. The van der Waals surface area contributed by atoms with E-state index in [1.165, 1.54) is 17.8 Å². The molecule has 0 radical (unpaired) electrons. The predicted molar refractivity (Wildman–Crippen MR) is 78.4 cm³/mol. The summed E-state index contributed by atoms with van der Waals surface area (Å²) >= 11 is 1.31. The number of carbonyl (C=O) groups excluding carboxylic acids is 2. The van der Waals surface area contributed by atoms with E-state index in [1.807, 2.05) is 0 Å². The molecule has 0 unspecified atom stereocenters. The molecule has 2 rings (SSSR count). The SMILES string of the molecule is O=C(CCSc1ccccc1F)NCCOC(=O)C1CC1. The number of halogens is 1. The minimum absolute atomic E-state index is 0.0814. The molecule has 0 saturated heterocycles. The summed E-state index contributed by atoms with van der Waals surface area (Å²) in [4.78, 5) is 23.3. The minimum Gasteiger partial charge on any atom is -0.464 e. The van der Waals surface area contributed by atoms with Gasteiger partial charge in [0.25, 0.3) is 0 Å². The van der Waals surface area contributed by atoms with Gasteiger partial charge in [-0.05, 0) is 25.0 Å². The summed E-state index contributed by atoms with van der Waals surface area (Å²) < 4.78 is 18.3. The van der Waals surface area contributed by atoms with E-state index >= 15 is 0 Å². The number of ether oxygens (including phenoxy) is 1. The molecule has 0 atom stereocenters. The Bertz CT molecular complexity index is 505. The molecule has 1 saturated carbocycles. The van der Waals surface area contributed by atoms with Gasteiger partial charge in [0.2, 0.25) is 5.91 Å². The first-order valence-electron chi connectivity index (χ1n) is 6.97. The van der Waals surface area contributed by atoms with Crippen LogP contribution >= 0.6 is 11.8 Å². The molecule has 21 heavy (non-hydrogen) atoms. The average molecular weight is 311 g/mol. The van der Waals surface area contributed by atoms with Crippen LogP contribution in [0, 0.1) is 11.7 Å². The van der Waals surface area contributed by atoms with Gasteiger partial charge < -0.3 is 10.1 Å². The maximum atomic E-state index is 13.3. The monoisotopic (exact) mass is 311 g/mol. The molecule has 1 fully saturated rings. The first kappa shape index (κ1) is 15.8. The molecular formula is C15H18FNO3S. The van der Waals surface area contributed by atoms with Crippen LogP contribution < -0.4 is 5.32 Å². The van der Waals surface area contributed by atoms with E-state index in [4.69, 9.17) is 4.74 Å². The van der Waals surface area contributed by atoms with E-state index in [0.29, 0.717) is 23.6 Å². The van der Waals surface area contributed by atoms with Crippen LogP contribution in [0.1, 0.15) is 19.3 Å². The van der Waals surface area contributed by atoms with Gasteiger partial charge in [-0.15, -0.1) is 11.8 Å². The van der Waals surface area contributed by atoms with Crippen LogP contribution in [0.4, 0.5) is 4.39 Å². The number of benzene rings is 1. The molecule has 6 heteroatoms. The Labute approximate surface area is 127 Å². The topological polar surface area (TPSA) is 55.4 Å². The van der Waals surface area contributed by atoms with Crippen molar-refractivity contribution in [3.63, 3.8) is 0 Å². The lowest BCUT2D eigenvalue weighted by Gasteiger charge is -2.06. The fraction of sp³-hybridized carbons (Fsp3) is 0.467. The third-order valence-electron chi connectivity index (χ3n) is 3.00. The second kappa shape index (κ2) is 8.02. The van der Waals surface area contributed by atoms with Gasteiger partial charge in [0.15, 0.2) is 0 Å². The third kappa shape index (κ3) is 5.75. The van der Waals surface area contributed by atoms with Gasteiger partial charge in [-0.1, -0.05) is 12.1 Å². The van der Waals surface area contributed by atoms with E-state index in [-0.39, 0.29) is 30.2 Å². The van der Waals surface area contributed by atoms with Crippen LogP contribution in [-0.2, 0) is 14.3 Å². The third-order valence-corrected chi connectivity index (χ3v) is 4.05. The van der Waals surface area contributed by atoms with Gasteiger partial charge in [0.1, 0.15) is 12.4 Å². The Hall–Kier alpha value is -1.56. The van der Waals surface area contributed by atoms with Gasteiger partial charge in [-0.2, -0.15) is 0 Å². The van der Waals surface area contributed by atoms with Crippen molar-refractivity contribution in [3.05, 3.63) is 30.1 Å². The molecule has 1 N–H and O–H groups in total. The summed E-state index contributed by atoms with van der Waals surface area (Å²) in [5, 5.41) is 2.67. The lowest BCUT2D eigenvalue weighted by atomic mass is 10.3. The highest BCUT2D eigenvalue weighted by Crippen LogP contribution is 2.29. The molecule has 0 spiro atoms. The summed E-state index contributed by atoms with van der Waals surface area (Å²) in [6.45, 7) is 0.531. The van der Waals surface area contributed by atoms with Crippen molar-refractivity contribution in [2.45, 2.75) is 24.2 Å². The van der Waals surface area contributed by atoms with Gasteiger partial charge >= 0.3 is 5.97 Å². The van der Waals surface area contributed by atoms with Crippen LogP contribution in [0.5, 0.6) is 0 Å². The van der Waals surface area contributed by atoms with Crippen LogP contribution in [0.3, 0.4) is 0 Å². The molecule has 1 aromatic rings. The van der Waals surface area contributed by atoms with Crippen molar-refractivity contribution in [1.29, 1.82) is 0 Å². The van der Waals surface area contributed by atoms with E-state index in [1.54, 1.807) is 18.2 Å². The molecule has 0 aliphatic heterocycles. The Balaban J connectivity index is 1.53. The van der Waals surface area contributed by atoms with Gasteiger partial charge in [-0.3, -0.25) is 9.59 Å². The predicted octanol–water partition coefficient (Wildman–Crippen LogP) is 2.38. The highest BCUT2D eigenvalue weighted by Gasteiger charge is 2.30. The average Bonchev–Trinajstić information content (AvgIpc) is 3.30. The quantitative estimate of drug-likeness (QED) is 0.455. The minimum atomic E-state index is -0.269. The van der Waals surface area contributed by atoms with Gasteiger partial charge in [-0.25, -0.2) is 4.39 Å². The largest absolute Gasteiger partial charge is 0.464 e. The number of thioether (sulfide) groups is 1. The van der Waals surface area contributed by atoms with Crippen LogP contribution in [0.15, 0.2) is 29.2 Å². The zero-order chi connectivity index (χ0) is 15.1. The Kier molecular flexibility index (Phi) is 6.04. The van der Waals surface area contributed by atoms with Crippen molar-refractivity contribution < 1.29 is 18.7 Å². The maximum Gasteiger partial charge on any atom is 0.308 e. The number of hydrogen-bond donors (Lipinski definition) is 1. The number of esters is 1. The molecule has 114 valence electrons. The highest BCUT2D eigenvalue weighted by atomic mass is 32.2. The zero-order valence-electron chi connectivity index (χ0n) is 11.6. The summed E-state index contributed by atoms with van der Waals surface area (Å²) in [6.07, 6.45) is 2.13. The van der Waals surface area contributed by atoms with Gasteiger partial charge in [0.05, 0.1) is 12.5 Å². The molecule has 1 amide bonds. The number of carbonyl (C=O) groups is 2. The Morgan fingerprint density at radius 2 is 2.10 bits per heavy atom. The smallest absolute Gasteiger partial charge is 0.308 e. The summed E-state index contributed by atoms with van der Waals surface area (Å²) in [6, 6.07) is 6.49. The fourth-order valence-corrected chi connectivity index (χ4v) is 2.57. The summed E-state index contributed by atoms with van der Waals surface area (Å²) in [5.74, 6) is 0.0303. The van der Waals surface area contributed by atoms with E-state index < -0.39 is 0 Å². The highest BCUT2D eigenvalue weighted by molar-refractivity contribution is 7.99. The first-order valence-corrected chi connectivity index (χ1v) is 7.96. The maximum absolute atomic E-state index is 13.3. The van der Waals surface area contributed by atoms with Crippen molar-refractivity contribution in [1.82, 2.24) is 5.32 Å². The molecule has 1 aliphatic rings. The Morgan fingerprint density at radius 1 is 1.33 bits per heavy atom. The first-order chi connectivity index (χ1) is 10.2. The lowest BCUT2D eigenvalue weighted by molar-refractivity contribution is -0.145. The molecule has 0 bridgehead atoms. The van der Waals surface area contributed by atoms with Crippen molar-refractivity contribution >= 4 is 23.6 Å². The van der Waals surface area contributed by atoms with Gasteiger partial charge in [0, 0.05) is 17.1 Å². The number of nitrogens with one attached hydrogen (secondary N) is 1. The van der Waals surface area contributed by atoms with Crippen LogP contribution in [0.2, 0.25) is 0 Å². The molecule has 0 aromatic heterocycles. The number of rotatable bonds is 8. The normalized spacial score (nSPS) is 13.8. The van der Waals surface area contributed by atoms with Crippen LogP contribution in [-0.4, -0.2) is 30.8 Å². The second-order valence-corrected chi connectivity index (χ2v) is 5.96. The zero-order valence-corrected chi connectivity index (χ0v) is 12.5. The van der Waals surface area contributed by atoms with Crippen molar-refractivity contribution in [2.75, 3.05) is 18.9 Å².